The average molecular weight is 446 g/mol. The molecule has 0 saturated carbocycles. The highest BCUT2D eigenvalue weighted by atomic mass is 127. The Morgan fingerprint density at radius 2 is 2.17 bits per heavy atom. The molecule has 0 amide bonds. The Kier molecular flexibility index (Phi) is 10.1. The molecule has 24 heavy (non-hydrogen) atoms. The molecule has 0 aromatic heterocycles. The molecule has 1 aliphatic rings. The van der Waals surface area contributed by atoms with Gasteiger partial charge in [0.25, 0.3) is 0 Å². The van der Waals surface area contributed by atoms with Crippen LogP contribution in [0.25, 0.3) is 0 Å². The van der Waals surface area contributed by atoms with Crippen molar-refractivity contribution in [2.75, 3.05) is 33.8 Å². The van der Waals surface area contributed by atoms with E-state index in [0.717, 1.165) is 31.3 Å². The summed E-state index contributed by atoms with van der Waals surface area (Å²) in [5, 5.41) is 6.75. The maximum Gasteiger partial charge on any atom is 0.191 e. The zero-order chi connectivity index (χ0) is 16.5. The van der Waals surface area contributed by atoms with Crippen LogP contribution in [0.3, 0.4) is 0 Å². The van der Waals surface area contributed by atoms with E-state index in [-0.39, 0.29) is 24.0 Å². The number of hydrogen-bond donors (Lipinski definition) is 2. The van der Waals surface area contributed by atoms with Crippen molar-refractivity contribution in [3.05, 3.63) is 29.8 Å². The monoisotopic (exact) mass is 446 g/mol. The number of benzene rings is 1. The number of likely N-dealkylation sites (tertiary alicyclic amines) is 1. The summed E-state index contributed by atoms with van der Waals surface area (Å²) in [6, 6.07) is 8.78. The molecule has 0 aliphatic carbocycles. The minimum absolute atomic E-state index is 0. The summed E-state index contributed by atoms with van der Waals surface area (Å²) in [7, 11) is 3.50. The number of ether oxygens (including phenoxy) is 1. The molecular formula is C18H31IN4O. The van der Waals surface area contributed by atoms with Gasteiger partial charge in [-0.3, -0.25) is 9.89 Å². The van der Waals surface area contributed by atoms with Crippen LogP contribution in [0.5, 0.6) is 5.75 Å². The average Bonchev–Trinajstić information content (AvgIpc) is 2.59. The summed E-state index contributed by atoms with van der Waals surface area (Å²) in [4.78, 5) is 6.85. The van der Waals surface area contributed by atoms with Crippen molar-refractivity contribution in [2.24, 2.45) is 4.99 Å². The first-order valence-corrected chi connectivity index (χ1v) is 8.54. The minimum Gasteiger partial charge on any atom is -0.497 e. The second kappa shape index (κ2) is 11.5. The van der Waals surface area contributed by atoms with Gasteiger partial charge in [0, 0.05) is 32.7 Å². The zero-order valence-electron chi connectivity index (χ0n) is 15.0. The van der Waals surface area contributed by atoms with E-state index >= 15 is 0 Å². The van der Waals surface area contributed by atoms with Crippen molar-refractivity contribution < 1.29 is 4.74 Å². The Morgan fingerprint density at radius 1 is 1.33 bits per heavy atom. The molecule has 5 nitrogen and oxygen atoms in total. The van der Waals surface area contributed by atoms with Crippen LogP contribution >= 0.6 is 24.0 Å². The van der Waals surface area contributed by atoms with Gasteiger partial charge in [-0.1, -0.05) is 18.6 Å². The smallest absolute Gasteiger partial charge is 0.191 e. The minimum atomic E-state index is 0. The molecule has 136 valence electrons. The second-order valence-corrected chi connectivity index (χ2v) is 6.08. The van der Waals surface area contributed by atoms with Gasteiger partial charge in [-0.2, -0.15) is 0 Å². The van der Waals surface area contributed by atoms with Crippen LogP contribution in [0.1, 0.15) is 31.7 Å². The van der Waals surface area contributed by atoms with Crippen molar-refractivity contribution in [1.29, 1.82) is 0 Å². The first-order chi connectivity index (χ1) is 11.2. The maximum absolute atomic E-state index is 5.25. The van der Waals surface area contributed by atoms with Crippen LogP contribution in [0.2, 0.25) is 0 Å². The maximum atomic E-state index is 5.25. The third kappa shape index (κ3) is 6.84. The molecule has 6 heteroatoms. The number of guanidine groups is 1. The third-order valence-corrected chi connectivity index (χ3v) is 4.45. The topological polar surface area (TPSA) is 48.9 Å². The number of rotatable bonds is 6. The summed E-state index contributed by atoms with van der Waals surface area (Å²) in [5.74, 6) is 1.73. The van der Waals surface area contributed by atoms with Gasteiger partial charge in [0.1, 0.15) is 5.75 Å². The number of piperidine rings is 1. The fourth-order valence-electron chi connectivity index (χ4n) is 3.00. The lowest BCUT2D eigenvalue weighted by Gasteiger charge is -2.33. The highest BCUT2D eigenvalue weighted by Gasteiger charge is 2.17. The van der Waals surface area contributed by atoms with Crippen LogP contribution in [0, 0.1) is 0 Å². The van der Waals surface area contributed by atoms with Gasteiger partial charge in [-0.15, -0.1) is 24.0 Å². The van der Waals surface area contributed by atoms with Gasteiger partial charge < -0.3 is 15.4 Å². The van der Waals surface area contributed by atoms with Crippen LogP contribution in [0.4, 0.5) is 0 Å². The Labute approximate surface area is 163 Å². The summed E-state index contributed by atoms with van der Waals surface area (Å²) in [5.41, 5.74) is 1.18. The fraction of sp³-hybridized carbons (Fsp3) is 0.611. The van der Waals surface area contributed by atoms with Crippen molar-refractivity contribution in [2.45, 2.75) is 38.8 Å². The number of nitrogens with one attached hydrogen (secondary N) is 2. The van der Waals surface area contributed by atoms with Gasteiger partial charge in [-0.05, 0) is 44.0 Å². The number of hydrogen-bond acceptors (Lipinski definition) is 3. The Bertz CT molecular complexity index is 510. The molecule has 1 unspecified atom stereocenters. The Morgan fingerprint density at radius 3 is 2.88 bits per heavy atom. The van der Waals surface area contributed by atoms with E-state index in [1.807, 2.05) is 25.2 Å². The van der Waals surface area contributed by atoms with Crippen LogP contribution in [0.15, 0.2) is 29.3 Å². The van der Waals surface area contributed by atoms with Gasteiger partial charge in [-0.25, -0.2) is 0 Å². The Hall–Kier alpha value is -1.02. The highest BCUT2D eigenvalue weighted by molar-refractivity contribution is 14.0. The molecule has 2 N–H and O–H groups in total. The van der Waals surface area contributed by atoms with E-state index in [1.165, 1.54) is 31.4 Å². The number of nitrogens with zero attached hydrogens (tertiary/aromatic N) is 2. The lowest BCUT2D eigenvalue weighted by molar-refractivity contribution is 0.163. The van der Waals surface area contributed by atoms with E-state index in [9.17, 15) is 0 Å². The van der Waals surface area contributed by atoms with E-state index in [2.05, 4.69) is 33.5 Å². The van der Waals surface area contributed by atoms with Crippen LogP contribution in [-0.4, -0.2) is 50.7 Å². The standard InChI is InChI=1S/C18H30N4O.HI/c1-15-7-4-5-11-22(15)12-10-20-18(19-2)21-14-16-8-6-9-17(13-16)23-3;/h6,8-9,13,15H,4-5,7,10-12,14H2,1-3H3,(H2,19,20,21);1H. The van der Waals surface area contributed by atoms with Gasteiger partial charge in [0.2, 0.25) is 0 Å². The largest absolute Gasteiger partial charge is 0.497 e. The molecule has 1 aliphatic heterocycles. The fourth-order valence-corrected chi connectivity index (χ4v) is 3.00. The molecule has 0 spiro atoms. The molecule has 0 radical (unpaired) electrons. The molecule has 1 atom stereocenters. The molecule has 0 bridgehead atoms. The van der Waals surface area contributed by atoms with E-state index in [1.54, 1.807) is 7.11 Å². The third-order valence-electron chi connectivity index (χ3n) is 4.45. The molecule has 1 aromatic carbocycles. The van der Waals surface area contributed by atoms with E-state index in [4.69, 9.17) is 4.74 Å². The van der Waals surface area contributed by atoms with Crippen molar-refractivity contribution in [1.82, 2.24) is 15.5 Å². The van der Waals surface area contributed by atoms with E-state index < -0.39 is 0 Å². The van der Waals surface area contributed by atoms with Crippen LogP contribution < -0.4 is 15.4 Å². The lowest BCUT2D eigenvalue weighted by atomic mass is 10.0. The van der Waals surface area contributed by atoms with Crippen molar-refractivity contribution in [3.8, 4) is 5.75 Å². The van der Waals surface area contributed by atoms with Crippen molar-refractivity contribution in [3.63, 3.8) is 0 Å². The first-order valence-electron chi connectivity index (χ1n) is 8.54. The number of methoxy groups -OCH3 is 1. The number of halogens is 1. The zero-order valence-corrected chi connectivity index (χ0v) is 17.4. The normalized spacial score (nSPS) is 18.6. The van der Waals surface area contributed by atoms with Crippen LogP contribution in [-0.2, 0) is 6.54 Å². The molecule has 2 rings (SSSR count). The molecular weight excluding hydrogens is 415 g/mol. The van der Waals surface area contributed by atoms with E-state index in [0.29, 0.717) is 6.04 Å². The number of aliphatic imine (C=N–C) groups is 1. The van der Waals surface area contributed by atoms with Crippen molar-refractivity contribution >= 4 is 29.9 Å². The quantitative estimate of drug-likeness (QED) is 0.401. The van der Waals surface area contributed by atoms with Gasteiger partial charge >= 0.3 is 0 Å². The van der Waals surface area contributed by atoms with Gasteiger partial charge in [0.05, 0.1) is 7.11 Å². The molecule has 1 heterocycles. The summed E-state index contributed by atoms with van der Waals surface area (Å²) in [6.45, 7) is 6.27. The Balaban J connectivity index is 0.00000288. The molecule has 1 saturated heterocycles. The lowest BCUT2D eigenvalue weighted by Crippen LogP contribution is -2.45. The second-order valence-electron chi connectivity index (χ2n) is 6.08. The summed E-state index contributed by atoms with van der Waals surface area (Å²) in [6.07, 6.45) is 4.02. The summed E-state index contributed by atoms with van der Waals surface area (Å²) >= 11 is 0. The predicted molar refractivity (Wildman–Crippen MR) is 111 cm³/mol. The molecule has 1 fully saturated rings. The first kappa shape index (κ1) is 21.0. The predicted octanol–water partition coefficient (Wildman–Crippen LogP) is 2.85. The molecule has 1 aromatic rings. The SMILES string of the molecule is CN=C(NCCN1CCCCC1C)NCc1cccc(OC)c1.I. The highest BCUT2D eigenvalue weighted by Crippen LogP contribution is 2.15. The summed E-state index contributed by atoms with van der Waals surface area (Å²) < 4.78 is 5.25. The van der Waals surface area contributed by atoms with Gasteiger partial charge in [0.15, 0.2) is 5.96 Å².